The third-order valence-electron chi connectivity index (χ3n) is 6.41. The molecule has 1 aliphatic rings. The van der Waals surface area contributed by atoms with E-state index in [0.717, 1.165) is 24.9 Å². The highest BCUT2D eigenvalue weighted by Crippen LogP contribution is 2.30. The van der Waals surface area contributed by atoms with Crippen molar-refractivity contribution in [3.05, 3.63) is 81.9 Å². The van der Waals surface area contributed by atoms with Crippen LogP contribution in [0.25, 0.3) is 16.7 Å². The van der Waals surface area contributed by atoms with E-state index in [1.165, 1.54) is 11.6 Å². The topological polar surface area (TPSA) is 115 Å². The quantitative estimate of drug-likeness (QED) is 0.274. The number of nitrogens with one attached hydrogen (secondary N) is 1. The van der Waals surface area contributed by atoms with E-state index in [0.29, 0.717) is 48.7 Å². The van der Waals surface area contributed by atoms with Gasteiger partial charge < -0.3 is 15.0 Å². The molecule has 10 heteroatoms. The predicted molar refractivity (Wildman–Crippen MR) is 142 cm³/mol. The molecule has 1 fully saturated rings. The molecule has 190 valence electrons. The van der Waals surface area contributed by atoms with Crippen LogP contribution < -0.4 is 10.2 Å². The molecule has 5 rings (SSSR count). The molecule has 2 heterocycles. The SMILES string of the molecule is CCCCc1ccc(-n2nc3ccc(NC(=O)c4ccc(N5CCOCC5)c([N+](=O)[O-])c4)cc3n2)cc1. The molecule has 1 amide bonds. The Morgan fingerprint density at radius 2 is 1.78 bits per heavy atom. The van der Waals surface area contributed by atoms with Gasteiger partial charge in [0.15, 0.2) is 0 Å². The number of hydrogen-bond donors (Lipinski definition) is 1. The molecule has 1 aliphatic heterocycles. The number of nitro benzene ring substituents is 1. The van der Waals surface area contributed by atoms with Crippen molar-refractivity contribution >= 4 is 34.0 Å². The molecule has 1 aromatic heterocycles. The Labute approximate surface area is 214 Å². The number of benzene rings is 3. The van der Waals surface area contributed by atoms with Gasteiger partial charge in [-0.2, -0.15) is 4.80 Å². The number of amides is 1. The van der Waals surface area contributed by atoms with Gasteiger partial charge in [0, 0.05) is 30.4 Å². The summed E-state index contributed by atoms with van der Waals surface area (Å²) in [6.07, 6.45) is 3.36. The summed E-state index contributed by atoms with van der Waals surface area (Å²) in [5, 5.41) is 23.7. The summed E-state index contributed by atoms with van der Waals surface area (Å²) in [6.45, 7) is 4.33. The Morgan fingerprint density at radius 3 is 2.51 bits per heavy atom. The van der Waals surface area contributed by atoms with Crippen molar-refractivity contribution in [3.8, 4) is 5.69 Å². The molecule has 0 atom stereocenters. The fraction of sp³-hybridized carbons (Fsp3) is 0.296. The smallest absolute Gasteiger partial charge is 0.293 e. The Bertz CT molecular complexity index is 1430. The number of morpholine rings is 1. The summed E-state index contributed by atoms with van der Waals surface area (Å²) < 4.78 is 5.34. The average molecular weight is 501 g/mol. The average Bonchev–Trinajstić information content (AvgIpc) is 3.36. The Balaban J connectivity index is 1.33. The fourth-order valence-electron chi connectivity index (χ4n) is 4.37. The predicted octanol–water partition coefficient (Wildman–Crippen LogP) is 4.76. The minimum absolute atomic E-state index is 0.103. The van der Waals surface area contributed by atoms with Crippen molar-refractivity contribution < 1.29 is 14.5 Å². The maximum absolute atomic E-state index is 12.9. The Morgan fingerprint density at radius 1 is 1.03 bits per heavy atom. The third-order valence-corrected chi connectivity index (χ3v) is 6.41. The number of rotatable bonds is 8. The molecule has 0 unspecified atom stereocenters. The molecule has 0 spiro atoms. The molecular formula is C27H28N6O4. The number of ether oxygens (including phenoxy) is 1. The van der Waals surface area contributed by atoms with Crippen molar-refractivity contribution in [2.24, 2.45) is 0 Å². The van der Waals surface area contributed by atoms with Crippen LogP contribution in [0.3, 0.4) is 0 Å². The zero-order valence-electron chi connectivity index (χ0n) is 20.6. The van der Waals surface area contributed by atoms with E-state index in [-0.39, 0.29) is 11.3 Å². The third kappa shape index (κ3) is 5.44. The van der Waals surface area contributed by atoms with E-state index < -0.39 is 10.8 Å². The number of carbonyl (C=O) groups excluding carboxylic acids is 1. The van der Waals surface area contributed by atoms with Gasteiger partial charge in [-0.1, -0.05) is 25.5 Å². The highest BCUT2D eigenvalue weighted by molar-refractivity contribution is 6.05. The van der Waals surface area contributed by atoms with Gasteiger partial charge >= 0.3 is 0 Å². The molecular weight excluding hydrogens is 472 g/mol. The molecule has 37 heavy (non-hydrogen) atoms. The van der Waals surface area contributed by atoms with Gasteiger partial charge in [-0.15, -0.1) is 10.2 Å². The zero-order chi connectivity index (χ0) is 25.8. The second kappa shape index (κ2) is 10.8. The number of aromatic nitrogens is 3. The molecule has 0 radical (unpaired) electrons. The van der Waals surface area contributed by atoms with E-state index in [2.05, 4.69) is 34.6 Å². The minimum atomic E-state index is -0.456. The first-order valence-corrected chi connectivity index (χ1v) is 12.4. The van der Waals surface area contributed by atoms with E-state index in [4.69, 9.17) is 4.74 Å². The highest BCUT2D eigenvalue weighted by atomic mass is 16.6. The summed E-state index contributed by atoms with van der Waals surface area (Å²) in [7, 11) is 0. The lowest BCUT2D eigenvalue weighted by atomic mass is 10.1. The lowest BCUT2D eigenvalue weighted by Crippen LogP contribution is -2.36. The van der Waals surface area contributed by atoms with Crippen LogP contribution >= 0.6 is 0 Å². The standard InChI is InChI=1S/C27H28N6O4/c1-2-3-4-19-5-9-22(10-6-19)32-29-23-11-8-21(18-24(23)30-32)28-27(34)20-7-12-25(26(17-20)33(35)36)31-13-15-37-16-14-31/h5-12,17-18H,2-4,13-16H2,1H3,(H,28,34). The van der Waals surface area contributed by atoms with Crippen molar-refractivity contribution in [1.29, 1.82) is 0 Å². The molecule has 10 nitrogen and oxygen atoms in total. The Hall–Kier alpha value is -4.31. The van der Waals surface area contributed by atoms with Crippen molar-refractivity contribution in [2.45, 2.75) is 26.2 Å². The van der Waals surface area contributed by atoms with Gasteiger partial charge in [0.2, 0.25) is 0 Å². The minimum Gasteiger partial charge on any atom is -0.378 e. The van der Waals surface area contributed by atoms with E-state index >= 15 is 0 Å². The van der Waals surface area contributed by atoms with Crippen LogP contribution in [0.5, 0.6) is 0 Å². The zero-order valence-corrected chi connectivity index (χ0v) is 20.6. The van der Waals surface area contributed by atoms with Crippen LogP contribution in [0.2, 0.25) is 0 Å². The van der Waals surface area contributed by atoms with Crippen LogP contribution in [0, 0.1) is 10.1 Å². The first kappa shape index (κ1) is 24.4. The summed E-state index contributed by atoms with van der Waals surface area (Å²) >= 11 is 0. The molecule has 1 N–H and O–H groups in total. The summed E-state index contributed by atoms with van der Waals surface area (Å²) in [4.78, 5) is 27.7. The van der Waals surface area contributed by atoms with Crippen LogP contribution in [-0.4, -0.2) is 52.1 Å². The van der Waals surface area contributed by atoms with Gasteiger partial charge in [-0.25, -0.2) is 0 Å². The van der Waals surface area contributed by atoms with Crippen molar-refractivity contribution in [1.82, 2.24) is 15.0 Å². The second-order valence-electron chi connectivity index (χ2n) is 8.98. The number of unbranched alkanes of at least 4 members (excludes halogenated alkanes) is 1. The number of hydrogen-bond acceptors (Lipinski definition) is 7. The monoisotopic (exact) mass is 500 g/mol. The van der Waals surface area contributed by atoms with Crippen LogP contribution in [-0.2, 0) is 11.2 Å². The number of nitro groups is 1. The van der Waals surface area contributed by atoms with E-state index in [1.807, 2.05) is 17.0 Å². The Kier molecular flexibility index (Phi) is 7.09. The number of nitrogens with zero attached hydrogens (tertiary/aromatic N) is 5. The number of carbonyl (C=O) groups is 1. The summed E-state index contributed by atoms with van der Waals surface area (Å²) in [6, 6.07) is 18.0. The van der Waals surface area contributed by atoms with E-state index in [1.54, 1.807) is 35.1 Å². The summed E-state index contributed by atoms with van der Waals surface area (Å²) in [5.74, 6) is -0.439. The first-order chi connectivity index (χ1) is 18.0. The lowest BCUT2D eigenvalue weighted by Gasteiger charge is -2.28. The molecule has 3 aromatic carbocycles. The lowest BCUT2D eigenvalue weighted by molar-refractivity contribution is -0.384. The number of fused-ring (bicyclic) bond motifs is 1. The molecule has 0 bridgehead atoms. The van der Waals surface area contributed by atoms with Gasteiger partial charge in [-0.05, 0) is 60.9 Å². The maximum Gasteiger partial charge on any atom is 0.293 e. The molecule has 0 aliphatic carbocycles. The number of anilines is 2. The van der Waals surface area contributed by atoms with Crippen molar-refractivity contribution in [3.63, 3.8) is 0 Å². The summed E-state index contributed by atoms with van der Waals surface area (Å²) in [5.41, 5.74) is 4.57. The maximum atomic E-state index is 12.9. The molecule has 1 saturated heterocycles. The number of aryl methyl sites for hydroxylation is 1. The second-order valence-corrected chi connectivity index (χ2v) is 8.98. The van der Waals surface area contributed by atoms with Gasteiger partial charge in [0.25, 0.3) is 11.6 Å². The van der Waals surface area contributed by atoms with Gasteiger partial charge in [0.1, 0.15) is 16.7 Å². The van der Waals surface area contributed by atoms with Gasteiger partial charge in [-0.3, -0.25) is 14.9 Å². The first-order valence-electron chi connectivity index (χ1n) is 12.4. The molecule has 4 aromatic rings. The van der Waals surface area contributed by atoms with Crippen LogP contribution in [0.1, 0.15) is 35.7 Å². The van der Waals surface area contributed by atoms with E-state index in [9.17, 15) is 14.9 Å². The van der Waals surface area contributed by atoms with Crippen molar-refractivity contribution in [2.75, 3.05) is 36.5 Å². The van der Waals surface area contributed by atoms with Gasteiger partial charge in [0.05, 0.1) is 23.8 Å². The largest absolute Gasteiger partial charge is 0.378 e. The van der Waals surface area contributed by atoms with Crippen LogP contribution in [0.4, 0.5) is 17.1 Å². The van der Waals surface area contributed by atoms with Crippen LogP contribution in [0.15, 0.2) is 60.7 Å². The molecule has 0 saturated carbocycles. The normalized spacial score (nSPS) is 13.6. The fourth-order valence-corrected chi connectivity index (χ4v) is 4.37. The highest BCUT2D eigenvalue weighted by Gasteiger charge is 2.23.